The molecule has 1 aliphatic rings. The largest absolute Gasteiger partial charge is 0.481 e. The molecule has 0 radical (unpaired) electrons. The first-order valence-corrected chi connectivity index (χ1v) is 5.43. The van der Waals surface area contributed by atoms with E-state index in [2.05, 4.69) is 11.8 Å². The van der Waals surface area contributed by atoms with E-state index in [0.717, 1.165) is 19.3 Å². The van der Waals surface area contributed by atoms with Gasteiger partial charge in [-0.05, 0) is 39.8 Å². The van der Waals surface area contributed by atoms with Gasteiger partial charge in [-0.3, -0.25) is 4.79 Å². The summed E-state index contributed by atoms with van der Waals surface area (Å²) >= 11 is 0. The Morgan fingerprint density at radius 2 is 1.93 bits per heavy atom. The Bertz CT molecular complexity index is 203. The molecule has 1 aliphatic carbocycles. The van der Waals surface area contributed by atoms with Gasteiger partial charge in [-0.25, -0.2) is 0 Å². The quantitative estimate of drug-likeness (QED) is 0.754. The molecule has 0 saturated heterocycles. The minimum atomic E-state index is -0.608. The van der Waals surface area contributed by atoms with Gasteiger partial charge in [-0.1, -0.05) is 12.8 Å². The van der Waals surface area contributed by atoms with E-state index in [-0.39, 0.29) is 5.92 Å². The van der Waals surface area contributed by atoms with Gasteiger partial charge in [0.2, 0.25) is 0 Å². The van der Waals surface area contributed by atoms with Crippen LogP contribution in [0.25, 0.3) is 0 Å². The van der Waals surface area contributed by atoms with E-state index in [1.54, 1.807) is 0 Å². The smallest absolute Gasteiger partial charge is 0.306 e. The number of rotatable bonds is 3. The molecule has 1 saturated carbocycles. The topological polar surface area (TPSA) is 40.5 Å². The first kappa shape index (κ1) is 11.5. The Labute approximate surface area is 86.1 Å². The molecule has 1 fully saturated rings. The number of hydrogen-bond donors (Lipinski definition) is 1. The van der Waals surface area contributed by atoms with Crippen molar-refractivity contribution in [1.29, 1.82) is 0 Å². The second-order valence-electron chi connectivity index (χ2n) is 4.60. The van der Waals surface area contributed by atoms with Crippen molar-refractivity contribution in [2.24, 2.45) is 11.8 Å². The second-order valence-corrected chi connectivity index (χ2v) is 4.60. The van der Waals surface area contributed by atoms with E-state index in [4.69, 9.17) is 5.11 Å². The van der Waals surface area contributed by atoms with Crippen LogP contribution in [0.4, 0.5) is 0 Å². The summed E-state index contributed by atoms with van der Waals surface area (Å²) in [6.45, 7) is 2.13. The molecule has 0 spiro atoms. The molecule has 0 aromatic rings. The highest BCUT2D eigenvalue weighted by atomic mass is 16.4. The lowest BCUT2D eigenvalue weighted by atomic mass is 9.75. The third-order valence-corrected chi connectivity index (χ3v) is 3.57. The van der Waals surface area contributed by atoms with Crippen LogP contribution in [0.2, 0.25) is 0 Å². The highest BCUT2D eigenvalue weighted by Gasteiger charge is 2.34. The van der Waals surface area contributed by atoms with Crippen LogP contribution >= 0.6 is 0 Å². The Hall–Kier alpha value is -0.570. The van der Waals surface area contributed by atoms with E-state index < -0.39 is 5.97 Å². The Morgan fingerprint density at radius 3 is 2.43 bits per heavy atom. The van der Waals surface area contributed by atoms with Crippen LogP contribution in [-0.4, -0.2) is 36.1 Å². The number of hydrogen-bond acceptors (Lipinski definition) is 2. The van der Waals surface area contributed by atoms with Gasteiger partial charge in [0.25, 0.3) is 0 Å². The van der Waals surface area contributed by atoms with Crippen LogP contribution < -0.4 is 0 Å². The Kier molecular flexibility index (Phi) is 3.93. The van der Waals surface area contributed by atoms with Gasteiger partial charge in [0.15, 0.2) is 0 Å². The molecule has 0 aromatic carbocycles. The van der Waals surface area contributed by atoms with Gasteiger partial charge in [0, 0.05) is 6.04 Å². The van der Waals surface area contributed by atoms with E-state index in [1.165, 1.54) is 6.42 Å². The summed E-state index contributed by atoms with van der Waals surface area (Å²) in [6, 6.07) is 0.372. The van der Waals surface area contributed by atoms with Crippen LogP contribution in [0.15, 0.2) is 0 Å². The molecule has 82 valence electrons. The summed E-state index contributed by atoms with van der Waals surface area (Å²) in [5, 5.41) is 9.12. The van der Waals surface area contributed by atoms with Crippen LogP contribution in [-0.2, 0) is 4.79 Å². The van der Waals surface area contributed by atoms with Crippen LogP contribution in [0, 0.1) is 11.8 Å². The molecule has 0 aromatic heterocycles. The van der Waals surface area contributed by atoms with Gasteiger partial charge in [0.05, 0.1) is 5.92 Å². The summed E-state index contributed by atoms with van der Waals surface area (Å²) in [5.41, 5.74) is 0. The fourth-order valence-electron chi connectivity index (χ4n) is 2.43. The van der Waals surface area contributed by atoms with Crippen molar-refractivity contribution in [1.82, 2.24) is 4.90 Å². The fourth-order valence-corrected chi connectivity index (χ4v) is 2.43. The maximum Gasteiger partial charge on any atom is 0.306 e. The second kappa shape index (κ2) is 4.78. The van der Waals surface area contributed by atoms with E-state index >= 15 is 0 Å². The molecule has 14 heavy (non-hydrogen) atoms. The predicted octanol–water partition coefficient (Wildman–Crippen LogP) is 1.83. The zero-order valence-corrected chi connectivity index (χ0v) is 9.36. The molecule has 3 heteroatoms. The molecule has 1 rings (SSSR count). The van der Waals surface area contributed by atoms with Crippen molar-refractivity contribution < 1.29 is 9.90 Å². The predicted molar refractivity (Wildman–Crippen MR) is 56.2 cm³/mol. The molecule has 3 nitrogen and oxygen atoms in total. The molecule has 0 amide bonds. The van der Waals surface area contributed by atoms with E-state index in [9.17, 15) is 4.79 Å². The standard InChI is InChI=1S/C11H21NO2/c1-8(12(2)3)9-6-4-5-7-10(9)11(13)14/h8-10H,4-7H2,1-3H3,(H,13,14). The highest BCUT2D eigenvalue weighted by Crippen LogP contribution is 2.33. The SMILES string of the molecule is CC(C1CCCCC1C(=O)O)N(C)C. The van der Waals surface area contributed by atoms with Gasteiger partial charge >= 0.3 is 5.97 Å². The lowest BCUT2D eigenvalue weighted by Crippen LogP contribution is -2.41. The van der Waals surface area contributed by atoms with Crippen molar-refractivity contribution in [3.05, 3.63) is 0 Å². The molecular weight excluding hydrogens is 178 g/mol. The maximum absolute atomic E-state index is 11.1. The maximum atomic E-state index is 11.1. The lowest BCUT2D eigenvalue weighted by molar-refractivity contribution is -0.145. The monoisotopic (exact) mass is 199 g/mol. The summed E-state index contributed by atoms with van der Waals surface area (Å²) in [5.74, 6) is -0.402. The van der Waals surface area contributed by atoms with Crippen molar-refractivity contribution in [2.45, 2.75) is 38.6 Å². The third-order valence-electron chi connectivity index (χ3n) is 3.57. The van der Waals surface area contributed by atoms with Gasteiger partial charge in [0.1, 0.15) is 0 Å². The zero-order chi connectivity index (χ0) is 10.7. The van der Waals surface area contributed by atoms with Gasteiger partial charge in [-0.15, -0.1) is 0 Å². The van der Waals surface area contributed by atoms with Crippen molar-refractivity contribution in [3.63, 3.8) is 0 Å². The third kappa shape index (κ3) is 2.47. The molecule has 1 N–H and O–H groups in total. The highest BCUT2D eigenvalue weighted by molar-refractivity contribution is 5.70. The average Bonchev–Trinajstić information content (AvgIpc) is 2.16. The Morgan fingerprint density at radius 1 is 1.36 bits per heavy atom. The lowest BCUT2D eigenvalue weighted by Gasteiger charge is -2.36. The van der Waals surface area contributed by atoms with Gasteiger partial charge < -0.3 is 10.0 Å². The number of carboxylic acids is 1. The first-order chi connectivity index (χ1) is 6.54. The molecule has 3 atom stereocenters. The van der Waals surface area contributed by atoms with E-state index in [0.29, 0.717) is 12.0 Å². The van der Waals surface area contributed by atoms with Crippen LogP contribution in [0.3, 0.4) is 0 Å². The number of carbonyl (C=O) groups is 1. The summed E-state index contributed by atoms with van der Waals surface area (Å²) in [6.07, 6.45) is 4.19. The van der Waals surface area contributed by atoms with Crippen LogP contribution in [0.1, 0.15) is 32.6 Å². The van der Waals surface area contributed by atoms with Crippen molar-refractivity contribution in [2.75, 3.05) is 14.1 Å². The molecule has 0 aliphatic heterocycles. The average molecular weight is 199 g/mol. The number of carboxylic acid groups (broad SMARTS) is 1. The fraction of sp³-hybridized carbons (Fsp3) is 0.909. The molecule has 0 heterocycles. The van der Waals surface area contributed by atoms with E-state index in [1.807, 2.05) is 14.1 Å². The van der Waals surface area contributed by atoms with Crippen molar-refractivity contribution >= 4 is 5.97 Å². The Balaban J connectivity index is 2.67. The molecule has 0 bridgehead atoms. The number of nitrogens with zero attached hydrogens (tertiary/aromatic N) is 1. The minimum Gasteiger partial charge on any atom is -0.481 e. The number of aliphatic carboxylic acids is 1. The summed E-state index contributed by atoms with van der Waals surface area (Å²) in [4.78, 5) is 13.2. The molecule has 3 unspecified atom stereocenters. The van der Waals surface area contributed by atoms with Crippen LogP contribution in [0.5, 0.6) is 0 Å². The van der Waals surface area contributed by atoms with Gasteiger partial charge in [-0.2, -0.15) is 0 Å². The summed E-state index contributed by atoms with van der Waals surface area (Å²) < 4.78 is 0. The first-order valence-electron chi connectivity index (χ1n) is 5.43. The minimum absolute atomic E-state index is 0.124. The summed E-state index contributed by atoms with van der Waals surface area (Å²) in [7, 11) is 4.05. The van der Waals surface area contributed by atoms with Crippen molar-refractivity contribution in [3.8, 4) is 0 Å². The molecular formula is C11H21NO2. The zero-order valence-electron chi connectivity index (χ0n) is 9.36. The normalized spacial score (nSPS) is 30.3.